The fourth-order valence-corrected chi connectivity index (χ4v) is 2.53. The molecule has 0 amide bonds. The quantitative estimate of drug-likeness (QED) is 0.742. The van der Waals surface area contributed by atoms with Crippen molar-refractivity contribution in [2.24, 2.45) is 0 Å². The zero-order valence-corrected chi connectivity index (χ0v) is 9.56. The van der Waals surface area contributed by atoms with Gasteiger partial charge in [0, 0.05) is 11.8 Å². The van der Waals surface area contributed by atoms with Crippen LogP contribution in [0.5, 0.6) is 0 Å². The lowest BCUT2D eigenvalue weighted by Crippen LogP contribution is -1.85. The van der Waals surface area contributed by atoms with Crippen LogP contribution in [0.3, 0.4) is 0 Å². The molecule has 2 rings (SSSR count). The van der Waals surface area contributed by atoms with E-state index in [1.54, 1.807) is 25.4 Å². The van der Waals surface area contributed by atoms with Gasteiger partial charge in [-0.15, -0.1) is 11.3 Å². The molecule has 0 aliphatic heterocycles. The first-order valence-corrected chi connectivity index (χ1v) is 5.54. The van der Waals surface area contributed by atoms with E-state index in [9.17, 15) is 4.79 Å². The zero-order chi connectivity index (χ0) is 10.8. The Hall–Kier alpha value is -1.19. The number of methoxy groups -OCH3 is 1. The van der Waals surface area contributed by atoms with Gasteiger partial charge in [0.1, 0.15) is 0 Å². The highest BCUT2D eigenvalue weighted by molar-refractivity contribution is 7.20. The highest BCUT2D eigenvalue weighted by atomic mass is 32.1. The van der Waals surface area contributed by atoms with Gasteiger partial charge in [0.2, 0.25) is 0 Å². The Morgan fingerprint density at radius 2 is 2.20 bits per heavy atom. The van der Waals surface area contributed by atoms with Gasteiger partial charge in [0.15, 0.2) is 5.78 Å². The third-order valence-corrected chi connectivity index (χ3v) is 3.44. The van der Waals surface area contributed by atoms with Crippen molar-refractivity contribution in [3.05, 3.63) is 34.7 Å². The van der Waals surface area contributed by atoms with E-state index in [4.69, 9.17) is 4.74 Å². The SMILES string of the molecule is COCc1ccc2cc(C(C)=O)sc2c1. The van der Waals surface area contributed by atoms with E-state index < -0.39 is 0 Å². The average Bonchev–Trinajstić information content (AvgIpc) is 2.61. The summed E-state index contributed by atoms with van der Waals surface area (Å²) in [5.41, 5.74) is 1.14. The molecule has 2 aromatic rings. The number of ether oxygens (including phenoxy) is 1. The lowest BCUT2D eigenvalue weighted by atomic mass is 10.2. The molecule has 0 spiro atoms. The molecule has 0 saturated carbocycles. The number of Topliss-reactive ketones (excluding diaryl/α,β-unsaturated/α-hetero) is 1. The van der Waals surface area contributed by atoms with Crippen LogP contribution in [0.25, 0.3) is 10.1 Å². The van der Waals surface area contributed by atoms with Crippen molar-refractivity contribution in [3.8, 4) is 0 Å². The molecule has 0 atom stereocenters. The van der Waals surface area contributed by atoms with Gasteiger partial charge in [0.25, 0.3) is 0 Å². The van der Waals surface area contributed by atoms with Gasteiger partial charge in [-0.25, -0.2) is 0 Å². The molecule has 15 heavy (non-hydrogen) atoms. The molecule has 1 aromatic carbocycles. The monoisotopic (exact) mass is 220 g/mol. The third kappa shape index (κ3) is 2.08. The van der Waals surface area contributed by atoms with Crippen LogP contribution in [0, 0.1) is 0 Å². The standard InChI is InChI=1S/C12H12O2S/c1-8(13)11-6-10-4-3-9(7-14-2)5-12(10)15-11/h3-6H,7H2,1-2H3. The number of ketones is 1. The summed E-state index contributed by atoms with van der Waals surface area (Å²) in [5, 5.41) is 1.13. The van der Waals surface area contributed by atoms with Crippen LogP contribution in [0.1, 0.15) is 22.2 Å². The molecule has 0 radical (unpaired) electrons. The molecule has 0 aliphatic rings. The second-order valence-corrected chi connectivity index (χ2v) is 4.56. The van der Waals surface area contributed by atoms with E-state index in [2.05, 4.69) is 6.07 Å². The van der Waals surface area contributed by atoms with Crippen LogP contribution < -0.4 is 0 Å². The Morgan fingerprint density at radius 1 is 1.40 bits per heavy atom. The first-order chi connectivity index (χ1) is 7.20. The fourth-order valence-electron chi connectivity index (χ4n) is 1.51. The average molecular weight is 220 g/mol. The molecule has 3 heteroatoms. The second kappa shape index (κ2) is 4.13. The Morgan fingerprint density at radius 3 is 2.87 bits per heavy atom. The number of carbonyl (C=O) groups excluding carboxylic acids is 1. The number of hydrogen-bond donors (Lipinski definition) is 0. The van der Waals surface area contributed by atoms with E-state index in [-0.39, 0.29) is 5.78 Å². The van der Waals surface area contributed by atoms with Crippen LogP contribution in [0.15, 0.2) is 24.3 Å². The third-order valence-electron chi connectivity index (χ3n) is 2.24. The zero-order valence-electron chi connectivity index (χ0n) is 8.74. The molecule has 0 saturated heterocycles. The minimum absolute atomic E-state index is 0.129. The fraction of sp³-hybridized carbons (Fsp3) is 0.250. The minimum Gasteiger partial charge on any atom is -0.380 e. The van der Waals surface area contributed by atoms with Gasteiger partial charge in [-0.2, -0.15) is 0 Å². The normalized spacial score (nSPS) is 10.8. The van der Waals surface area contributed by atoms with Crippen LogP contribution in [-0.2, 0) is 11.3 Å². The summed E-state index contributed by atoms with van der Waals surface area (Å²) in [4.78, 5) is 12.0. The van der Waals surface area contributed by atoms with Gasteiger partial charge in [-0.1, -0.05) is 12.1 Å². The highest BCUT2D eigenvalue weighted by Gasteiger charge is 2.05. The van der Waals surface area contributed by atoms with Gasteiger partial charge in [0.05, 0.1) is 11.5 Å². The van der Waals surface area contributed by atoms with Crippen LogP contribution in [0.2, 0.25) is 0 Å². The first kappa shape index (κ1) is 10.3. The highest BCUT2D eigenvalue weighted by Crippen LogP contribution is 2.27. The molecule has 0 unspecified atom stereocenters. The maximum atomic E-state index is 11.2. The molecule has 1 heterocycles. The molecular formula is C12H12O2S. The predicted molar refractivity (Wildman–Crippen MR) is 62.5 cm³/mol. The molecule has 0 fully saturated rings. The summed E-state index contributed by atoms with van der Waals surface area (Å²) < 4.78 is 6.22. The Labute approximate surface area is 92.5 Å². The Kier molecular flexibility index (Phi) is 2.84. The molecule has 2 nitrogen and oxygen atoms in total. The summed E-state index contributed by atoms with van der Waals surface area (Å²) in [5.74, 6) is 0.129. The number of benzene rings is 1. The second-order valence-electron chi connectivity index (χ2n) is 3.47. The maximum absolute atomic E-state index is 11.2. The molecule has 0 aliphatic carbocycles. The van der Waals surface area contributed by atoms with Crippen LogP contribution >= 0.6 is 11.3 Å². The predicted octanol–water partition coefficient (Wildman–Crippen LogP) is 3.25. The van der Waals surface area contributed by atoms with Crippen LogP contribution in [-0.4, -0.2) is 12.9 Å². The summed E-state index contributed by atoms with van der Waals surface area (Å²) in [7, 11) is 1.68. The lowest BCUT2D eigenvalue weighted by Gasteiger charge is -1.98. The van der Waals surface area contributed by atoms with Crippen molar-refractivity contribution in [3.63, 3.8) is 0 Å². The van der Waals surface area contributed by atoms with Gasteiger partial charge in [-0.3, -0.25) is 4.79 Å². The smallest absolute Gasteiger partial charge is 0.169 e. The largest absolute Gasteiger partial charge is 0.380 e. The van der Waals surface area contributed by atoms with Crippen molar-refractivity contribution in [1.82, 2.24) is 0 Å². The van der Waals surface area contributed by atoms with Crippen molar-refractivity contribution in [2.75, 3.05) is 7.11 Å². The van der Waals surface area contributed by atoms with E-state index >= 15 is 0 Å². The Bertz CT molecular complexity index is 499. The molecule has 78 valence electrons. The van der Waals surface area contributed by atoms with E-state index in [1.165, 1.54) is 0 Å². The first-order valence-electron chi connectivity index (χ1n) is 4.73. The summed E-state index contributed by atoms with van der Waals surface area (Å²) in [6.07, 6.45) is 0. The van der Waals surface area contributed by atoms with Gasteiger partial charge < -0.3 is 4.74 Å². The Balaban J connectivity index is 2.47. The summed E-state index contributed by atoms with van der Waals surface area (Å²) in [6, 6.07) is 8.09. The van der Waals surface area contributed by atoms with Crippen molar-refractivity contribution in [2.45, 2.75) is 13.5 Å². The van der Waals surface area contributed by atoms with E-state index in [1.807, 2.05) is 18.2 Å². The summed E-state index contributed by atoms with van der Waals surface area (Å²) >= 11 is 1.54. The number of hydrogen-bond acceptors (Lipinski definition) is 3. The van der Waals surface area contributed by atoms with Crippen LogP contribution in [0.4, 0.5) is 0 Å². The number of carbonyl (C=O) groups is 1. The van der Waals surface area contributed by atoms with E-state index in [0.29, 0.717) is 6.61 Å². The van der Waals surface area contributed by atoms with Crippen molar-refractivity contribution in [1.29, 1.82) is 0 Å². The molecule has 0 N–H and O–H groups in total. The van der Waals surface area contributed by atoms with Gasteiger partial charge in [-0.05, 0) is 30.0 Å². The molecular weight excluding hydrogens is 208 g/mol. The van der Waals surface area contributed by atoms with E-state index in [0.717, 1.165) is 20.5 Å². The van der Waals surface area contributed by atoms with Gasteiger partial charge >= 0.3 is 0 Å². The lowest BCUT2D eigenvalue weighted by molar-refractivity contribution is 0.102. The molecule has 0 bridgehead atoms. The minimum atomic E-state index is 0.129. The number of fused-ring (bicyclic) bond motifs is 1. The summed E-state index contributed by atoms with van der Waals surface area (Å²) in [6.45, 7) is 2.21. The van der Waals surface area contributed by atoms with Crippen molar-refractivity contribution >= 4 is 27.2 Å². The number of thiophene rings is 1. The topological polar surface area (TPSA) is 26.3 Å². The number of rotatable bonds is 3. The van der Waals surface area contributed by atoms with Crippen molar-refractivity contribution < 1.29 is 9.53 Å². The maximum Gasteiger partial charge on any atom is 0.169 e. The molecule has 1 aromatic heterocycles.